The molecule has 0 aliphatic rings. The molecule has 2 amide bonds. The van der Waals surface area contributed by atoms with Gasteiger partial charge >= 0.3 is 0 Å². The van der Waals surface area contributed by atoms with Crippen molar-refractivity contribution in [2.45, 2.75) is 13.5 Å². The van der Waals surface area contributed by atoms with Crippen LogP contribution in [0.3, 0.4) is 0 Å². The van der Waals surface area contributed by atoms with Crippen molar-refractivity contribution in [3.8, 4) is 5.75 Å². The van der Waals surface area contributed by atoms with Crippen molar-refractivity contribution in [3.05, 3.63) is 95.1 Å². The zero-order valence-corrected chi connectivity index (χ0v) is 15.9. The van der Waals surface area contributed by atoms with Crippen LogP contribution in [0.4, 0.5) is 5.69 Å². The topological polar surface area (TPSA) is 67.4 Å². The Balaban J connectivity index is 1.75. The second-order valence-electron chi connectivity index (χ2n) is 6.32. The van der Waals surface area contributed by atoms with Crippen LogP contribution in [-0.2, 0) is 6.61 Å². The molecule has 0 heterocycles. The van der Waals surface area contributed by atoms with Crippen molar-refractivity contribution in [2.75, 3.05) is 12.4 Å². The first-order valence-corrected chi connectivity index (χ1v) is 8.98. The van der Waals surface area contributed by atoms with Crippen LogP contribution in [0.15, 0.2) is 72.8 Å². The monoisotopic (exact) mass is 374 g/mol. The van der Waals surface area contributed by atoms with Crippen molar-refractivity contribution in [1.29, 1.82) is 0 Å². The van der Waals surface area contributed by atoms with E-state index in [2.05, 4.69) is 10.6 Å². The minimum Gasteiger partial charge on any atom is -0.489 e. The first-order chi connectivity index (χ1) is 13.6. The summed E-state index contributed by atoms with van der Waals surface area (Å²) in [5.74, 6) is 0.366. The highest BCUT2D eigenvalue weighted by Gasteiger charge is 2.14. The van der Waals surface area contributed by atoms with Crippen LogP contribution in [0.2, 0.25) is 0 Å². The van der Waals surface area contributed by atoms with Crippen LogP contribution in [0, 0.1) is 6.92 Å². The molecule has 3 aromatic rings. The summed E-state index contributed by atoms with van der Waals surface area (Å²) in [7, 11) is 1.59. The third-order valence-electron chi connectivity index (χ3n) is 4.36. The van der Waals surface area contributed by atoms with Gasteiger partial charge in [0.2, 0.25) is 0 Å². The predicted molar refractivity (Wildman–Crippen MR) is 110 cm³/mol. The van der Waals surface area contributed by atoms with E-state index in [4.69, 9.17) is 4.74 Å². The highest BCUT2D eigenvalue weighted by atomic mass is 16.5. The number of nitrogens with one attached hydrogen (secondary N) is 2. The third kappa shape index (κ3) is 4.57. The summed E-state index contributed by atoms with van der Waals surface area (Å²) in [6.07, 6.45) is 0. The first-order valence-electron chi connectivity index (χ1n) is 8.98. The smallest absolute Gasteiger partial charge is 0.256 e. The van der Waals surface area contributed by atoms with E-state index in [9.17, 15) is 9.59 Å². The summed E-state index contributed by atoms with van der Waals surface area (Å²) in [6, 6.07) is 22.0. The van der Waals surface area contributed by atoms with Crippen LogP contribution < -0.4 is 15.4 Å². The average Bonchev–Trinajstić information content (AvgIpc) is 2.74. The molecule has 2 N–H and O–H groups in total. The molecular formula is C23H22N2O3. The molecule has 0 fully saturated rings. The molecule has 0 bridgehead atoms. The van der Waals surface area contributed by atoms with Gasteiger partial charge in [-0.25, -0.2) is 0 Å². The van der Waals surface area contributed by atoms with E-state index < -0.39 is 0 Å². The van der Waals surface area contributed by atoms with Crippen molar-refractivity contribution in [1.82, 2.24) is 5.32 Å². The number of ether oxygens (including phenoxy) is 1. The van der Waals surface area contributed by atoms with Gasteiger partial charge in [-0.15, -0.1) is 0 Å². The number of amides is 2. The zero-order valence-electron chi connectivity index (χ0n) is 15.9. The number of carbonyl (C=O) groups is 2. The lowest BCUT2D eigenvalue weighted by Gasteiger charge is -2.13. The molecule has 142 valence electrons. The summed E-state index contributed by atoms with van der Waals surface area (Å²) in [6.45, 7) is 2.15. The van der Waals surface area contributed by atoms with Crippen molar-refractivity contribution in [3.63, 3.8) is 0 Å². The van der Waals surface area contributed by atoms with Gasteiger partial charge in [0.25, 0.3) is 11.8 Å². The Bertz CT molecular complexity index is 984. The summed E-state index contributed by atoms with van der Waals surface area (Å²) in [4.78, 5) is 24.6. The molecule has 3 rings (SSSR count). The van der Waals surface area contributed by atoms with Crippen molar-refractivity contribution < 1.29 is 14.3 Å². The summed E-state index contributed by atoms with van der Waals surface area (Å²) < 4.78 is 5.79. The Morgan fingerprint density at radius 2 is 1.61 bits per heavy atom. The minimum atomic E-state index is -0.219. The van der Waals surface area contributed by atoms with E-state index in [0.29, 0.717) is 23.4 Å². The maximum Gasteiger partial charge on any atom is 0.256 e. The number of hydrogen-bond donors (Lipinski definition) is 2. The van der Waals surface area contributed by atoms with Crippen LogP contribution in [0.1, 0.15) is 31.8 Å². The van der Waals surface area contributed by atoms with E-state index in [1.807, 2.05) is 55.5 Å². The Hall–Kier alpha value is -3.60. The number of carbonyl (C=O) groups excluding carboxylic acids is 2. The van der Waals surface area contributed by atoms with Gasteiger partial charge in [-0.3, -0.25) is 9.59 Å². The largest absolute Gasteiger partial charge is 0.489 e. The average molecular weight is 374 g/mol. The molecule has 0 saturated heterocycles. The molecule has 0 saturated carbocycles. The van der Waals surface area contributed by atoms with E-state index in [-0.39, 0.29) is 11.8 Å². The molecule has 5 nitrogen and oxygen atoms in total. The van der Waals surface area contributed by atoms with Gasteiger partial charge in [-0.05, 0) is 48.9 Å². The Morgan fingerprint density at radius 3 is 2.32 bits per heavy atom. The molecule has 5 heteroatoms. The molecule has 0 aliphatic carbocycles. The van der Waals surface area contributed by atoms with Gasteiger partial charge in [0.15, 0.2) is 0 Å². The molecule has 0 unspecified atom stereocenters. The molecule has 0 aliphatic heterocycles. The molecule has 0 spiro atoms. The molecular weight excluding hydrogens is 352 g/mol. The Kier molecular flexibility index (Phi) is 6.07. The summed E-state index contributed by atoms with van der Waals surface area (Å²) in [5, 5.41) is 5.51. The Morgan fingerprint density at radius 1 is 0.893 bits per heavy atom. The van der Waals surface area contributed by atoms with Gasteiger partial charge in [0, 0.05) is 29.4 Å². The standard InChI is InChI=1S/C23H22N2O3/c1-16-14-17(22(26)24-2)12-13-21(16)25-23(27)20-11-7-6-8-18(20)15-28-19-9-4-3-5-10-19/h3-14H,15H2,1-2H3,(H,24,26)(H,25,27). The van der Waals surface area contributed by atoms with Gasteiger partial charge in [-0.1, -0.05) is 36.4 Å². The number of aryl methyl sites for hydroxylation is 1. The predicted octanol–water partition coefficient (Wildman–Crippen LogP) is 4.19. The second kappa shape index (κ2) is 8.86. The van der Waals surface area contributed by atoms with Crippen LogP contribution in [0.25, 0.3) is 0 Å². The van der Waals surface area contributed by atoms with Gasteiger partial charge in [0.1, 0.15) is 12.4 Å². The van der Waals surface area contributed by atoms with Crippen LogP contribution >= 0.6 is 0 Å². The molecule has 0 atom stereocenters. The summed E-state index contributed by atoms with van der Waals surface area (Å²) >= 11 is 0. The van der Waals surface area contributed by atoms with Crippen molar-refractivity contribution in [2.24, 2.45) is 0 Å². The SMILES string of the molecule is CNC(=O)c1ccc(NC(=O)c2ccccc2COc2ccccc2)c(C)c1. The quantitative estimate of drug-likeness (QED) is 0.680. The molecule has 0 radical (unpaired) electrons. The molecule has 0 aromatic heterocycles. The maximum atomic E-state index is 12.8. The normalized spacial score (nSPS) is 10.2. The maximum absolute atomic E-state index is 12.8. The van der Waals surface area contributed by atoms with E-state index in [1.54, 1.807) is 31.3 Å². The molecule has 3 aromatic carbocycles. The summed E-state index contributed by atoms with van der Waals surface area (Å²) in [5.41, 5.74) is 3.37. The van der Waals surface area contributed by atoms with Crippen LogP contribution in [-0.4, -0.2) is 18.9 Å². The third-order valence-corrected chi connectivity index (χ3v) is 4.36. The number of benzene rings is 3. The lowest BCUT2D eigenvalue weighted by molar-refractivity contribution is 0.0962. The fraction of sp³-hybridized carbons (Fsp3) is 0.130. The lowest BCUT2D eigenvalue weighted by Crippen LogP contribution is -2.19. The van der Waals surface area contributed by atoms with Crippen LogP contribution in [0.5, 0.6) is 5.75 Å². The first kappa shape index (κ1) is 19.2. The van der Waals surface area contributed by atoms with Gasteiger partial charge in [-0.2, -0.15) is 0 Å². The van der Waals surface area contributed by atoms with E-state index in [0.717, 1.165) is 16.9 Å². The Labute approximate surface area is 164 Å². The van der Waals surface area contributed by atoms with Gasteiger partial charge < -0.3 is 15.4 Å². The minimum absolute atomic E-state index is 0.163. The zero-order chi connectivity index (χ0) is 19.9. The van der Waals surface area contributed by atoms with Crippen molar-refractivity contribution >= 4 is 17.5 Å². The highest BCUT2D eigenvalue weighted by molar-refractivity contribution is 6.06. The van der Waals surface area contributed by atoms with E-state index >= 15 is 0 Å². The number of rotatable bonds is 6. The number of para-hydroxylation sites is 1. The highest BCUT2D eigenvalue weighted by Crippen LogP contribution is 2.20. The number of hydrogen-bond acceptors (Lipinski definition) is 3. The van der Waals surface area contributed by atoms with Gasteiger partial charge in [0.05, 0.1) is 0 Å². The fourth-order valence-electron chi connectivity index (χ4n) is 2.82. The second-order valence-corrected chi connectivity index (χ2v) is 6.32. The lowest BCUT2D eigenvalue weighted by atomic mass is 10.1. The fourth-order valence-corrected chi connectivity index (χ4v) is 2.82. The van der Waals surface area contributed by atoms with E-state index in [1.165, 1.54) is 0 Å². The molecule has 28 heavy (non-hydrogen) atoms. The number of anilines is 1.